The summed E-state index contributed by atoms with van der Waals surface area (Å²) in [7, 11) is 1.66. The molecule has 5 rings (SSSR count). The minimum atomic E-state index is -0.189. The summed E-state index contributed by atoms with van der Waals surface area (Å²) in [5, 5.41) is 1.73. The first-order valence-electron chi connectivity index (χ1n) is 11.5. The first kappa shape index (κ1) is 21.5. The van der Waals surface area contributed by atoms with Crippen LogP contribution >= 0.6 is 0 Å². The largest absolute Gasteiger partial charge is 0.497 e. The maximum Gasteiger partial charge on any atom is 0.259 e. The standard InChI is InChI=1S/C29H29NO3/c1-18(2)17-33-28-23-8-6-5-7-22(23)27-26(28)25-15-19(3)9-14-24(25)29(31)30(27)16-20-10-12-21(32-4)13-11-20/h5-15,18,28H,16-17H2,1-4H3. The monoisotopic (exact) mass is 439 g/mol. The van der Waals surface area contributed by atoms with Gasteiger partial charge in [-0.25, -0.2) is 0 Å². The van der Waals surface area contributed by atoms with Crippen molar-refractivity contribution in [1.29, 1.82) is 0 Å². The zero-order valence-corrected chi connectivity index (χ0v) is 19.6. The van der Waals surface area contributed by atoms with Crippen molar-refractivity contribution in [2.45, 2.75) is 33.4 Å². The van der Waals surface area contributed by atoms with Gasteiger partial charge in [-0.05, 0) is 47.6 Å². The van der Waals surface area contributed by atoms with E-state index in [1.165, 1.54) is 0 Å². The molecule has 1 heterocycles. The molecule has 0 saturated carbocycles. The van der Waals surface area contributed by atoms with Crippen LogP contribution in [0.1, 0.15) is 42.2 Å². The Morgan fingerprint density at radius 1 is 0.970 bits per heavy atom. The van der Waals surface area contributed by atoms with E-state index in [0.717, 1.165) is 50.0 Å². The number of pyridine rings is 1. The smallest absolute Gasteiger partial charge is 0.259 e. The number of hydrogen-bond acceptors (Lipinski definition) is 3. The second-order valence-electron chi connectivity index (χ2n) is 9.25. The number of fused-ring (bicyclic) bond motifs is 5. The third-order valence-corrected chi connectivity index (χ3v) is 6.32. The molecule has 3 aromatic carbocycles. The van der Waals surface area contributed by atoms with E-state index in [-0.39, 0.29) is 11.7 Å². The number of nitrogens with zero attached hydrogens (tertiary/aromatic N) is 1. The second-order valence-corrected chi connectivity index (χ2v) is 9.25. The lowest BCUT2D eigenvalue weighted by molar-refractivity contribution is 0.0634. The molecular formula is C29H29NO3. The third-order valence-electron chi connectivity index (χ3n) is 6.32. The van der Waals surface area contributed by atoms with Gasteiger partial charge in [-0.3, -0.25) is 4.79 Å². The molecule has 0 fully saturated rings. The Kier molecular flexibility index (Phi) is 5.55. The van der Waals surface area contributed by atoms with Gasteiger partial charge < -0.3 is 14.0 Å². The minimum Gasteiger partial charge on any atom is -0.497 e. The molecule has 1 aliphatic rings. The van der Waals surface area contributed by atoms with Crippen molar-refractivity contribution in [2.24, 2.45) is 5.92 Å². The summed E-state index contributed by atoms with van der Waals surface area (Å²) in [5.74, 6) is 1.22. The van der Waals surface area contributed by atoms with Crippen LogP contribution in [0.25, 0.3) is 22.0 Å². The van der Waals surface area contributed by atoms with Gasteiger partial charge in [0.15, 0.2) is 0 Å². The SMILES string of the molecule is COc1ccc(Cn2c3c(c4cc(C)ccc4c2=O)C(OCC(C)C)c2ccccc2-3)cc1. The average Bonchev–Trinajstić information content (AvgIpc) is 3.15. The van der Waals surface area contributed by atoms with Crippen LogP contribution < -0.4 is 10.3 Å². The number of ether oxygens (including phenoxy) is 2. The molecule has 0 saturated heterocycles. The summed E-state index contributed by atoms with van der Waals surface area (Å²) < 4.78 is 13.7. The Morgan fingerprint density at radius 2 is 1.73 bits per heavy atom. The predicted molar refractivity (Wildman–Crippen MR) is 133 cm³/mol. The van der Waals surface area contributed by atoms with Crippen LogP contribution in [0.15, 0.2) is 71.5 Å². The van der Waals surface area contributed by atoms with E-state index in [1.54, 1.807) is 7.11 Å². The Labute approximate surface area is 194 Å². The fourth-order valence-electron chi connectivity index (χ4n) is 4.77. The molecule has 4 aromatic rings. The molecule has 0 radical (unpaired) electrons. The molecule has 0 bridgehead atoms. The van der Waals surface area contributed by atoms with E-state index in [0.29, 0.717) is 19.1 Å². The van der Waals surface area contributed by atoms with Gasteiger partial charge >= 0.3 is 0 Å². The maximum absolute atomic E-state index is 13.8. The van der Waals surface area contributed by atoms with Gasteiger partial charge in [0.2, 0.25) is 0 Å². The summed E-state index contributed by atoms with van der Waals surface area (Å²) in [6.07, 6.45) is -0.189. The summed E-state index contributed by atoms with van der Waals surface area (Å²) in [6, 6.07) is 22.3. The van der Waals surface area contributed by atoms with Crippen molar-refractivity contribution in [3.8, 4) is 17.0 Å². The molecule has 168 valence electrons. The van der Waals surface area contributed by atoms with Crippen LogP contribution in [0.5, 0.6) is 5.75 Å². The van der Waals surface area contributed by atoms with E-state index in [9.17, 15) is 4.79 Å². The fraction of sp³-hybridized carbons (Fsp3) is 0.276. The van der Waals surface area contributed by atoms with Crippen molar-refractivity contribution in [3.05, 3.63) is 99.3 Å². The molecule has 1 unspecified atom stereocenters. The number of aryl methyl sites for hydroxylation is 1. The van der Waals surface area contributed by atoms with E-state index >= 15 is 0 Å². The predicted octanol–water partition coefficient (Wildman–Crippen LogP) is 6.11. The summed E-state index contributed by atoms with van der Waals surface area (Å²) in [6.45, 7) is 7.54. The lowest BCUT2D eigenvalue weighted by Crippen LogP contribution is -2.24. The van der Waals surface area contributed by atoms with Crippen LogP contribution in [-0.4, -0.2) is 18.3 Å². The van der Waals surface area contributed by atoms with Gasteiger partial charge in [0.25, 0.3) is 5.56 Å². The van der Waals surface area contributed by atoms with E-state index in [4.69, 9.17) is 9.47 Å². The van der Waals surface area contributed by atoms with Gasteiger partial charge in [0.05, 0.1) is 26.0 Å². The molecule has 1 aliphatic carbocycles. The molecule has 1 atom stereocenters. The van der Waals surface area contributed by atoms with Crippen molar-refractivity contribution >= 4 is 10.8 Å². The van der Waals surface area contributed by atoms with Crippen LogP contribution in [0.4, 0.5) is 0 Å². The first-order chi connectivity index (χ1) is 16.0. The molecule has 0 N–H and O–H groups in total. The first-order valence-corrected chi connectivity index (χ1v) is 11.5. The van der Waals surface area contributed by atoms with Gasteiger partial charge in [0.1, 0.15) is 11.9 Å². The summed E-state index contributed by atoms with van der Waals surface area (Å²) in [4.78, 5) is 13.8. The van der Waals surface area contributed by atoms with Crippen LogP contribution in [-0.2, 0) is 11.3 Å². The quantitative estimate of drug-likeness (QED) is 0.364. The van der Waals surface area contributed by atoms with Gasteiger partial charge in [0, 0.05) is 16.5 Å². The molecule has 0 spiro atoms. The van der Waals surface area contributed by atoms with Crippen molar-refractivity contribution in [3.63, 3.8) is 0 Å². The minimum absolute atomic E-state index is 0.0267. The molecule has 1 aromatic heterocycles. The highest BCUT2D eigenvalue weighted by Gasteiger charge is 2.34. The molecule has 4 heteroatoms. The topological polar surface area (TPSA) is 40.5 Å². The van der Waals surface area contributed by atoms with Crippen LogP contribution in [0.3, 0.4) is 0 Å². The lowest BCUT2D eigenvalue weighted by atomic mass is 9.99. The number of hydrogen-bond donors (Lipinski definition) is 0. The maximum atomic E-state index is 13.8. The van der Waals surface area contributed by atoms with Crippen LogP contribution in [0, 0.1) is 12.8 Å². The fourth-order valence-corrected chi connectivity index (χ4v) is 4.77. The van der Waals surface area contributed by atoms with E-state index in [2.05, 4.69) is 45.0 Å². The van der Waals surface area contributed by atoms with Crippen molar-refractivity contribution < 1.29 is 9.47 Å². The lowest BCUT2D eigenvalue weighted by Gasteiger charge is -2.20. The van der Waals surface area contributed by atoms with Crippen molar-refractivity contribution in [2.75, 3.05) is 13.7 Å². The van der Waals surface area contributed by atoms with Crippen molar-refractivity contribution in [1.82, 2.24) is 4.57 Å². The zero-order valence-electron chi connectivity index (χ0n) is 19.6. The Bertz CT molecular complexity index is 1380. The number of aromatic nitrogens is 1. The van der Waals surface area contributed by atoms with E-state index in [1.807, 2.05) is 47.0 Å². The highest BCUT2D eigenvalue weighted by Crippen LogP contribution is 2.47. The molecule has 33 heavy (non-hydrogen) atoms. The third kappa shape index (κ3) is 3.75. The normalized spacial score (nSPS) is 14.5. The van der Waals surface area contributed by atoms with Crippen LogP contribution in [0.2, 0.25) is 0 Å². The highest BCUT2D eigenvalue weighted by atomic mass is 16.5. The molecule has 0 aliphatic heterocycles. The number of benzene rings is 3. The average molecular weight is 440 g/mol. The molecular weight excluding hydrogens is 410 g/mol. The second kappa shape index (κ2) is 8.53. The van der Waals surface area contributed by atoms with Gasteiger partial charge in [-0.2, -0.15) is 0 Å². The molecule has 0 amide bonds. The Balaban J connectivity index is 1.78. The highest BCUT2D eigenvalue weighted by molar-refractivity contribution is 5.94. The van der Waals surface area contributed by atoms with Gasteiger partial charge in [-0.15, -0.1) is 0 Å². The molecule has 4 nitrogen and oxygen atoms in total. The van der Waals surface area contributed by atoms with E-state index < -0.39 is 0 Å². The number of rotatable bonds is 6. The Hall–Kier alpha value is -3.37. The summed E-state index contributed by atoms with van der Waals surface area (Å²) >= 11 is 0. The summed E-state index contributed by atoms with van der Waals surface area (Å²) in [5.41, 5.74) is 6.49. The Morgan fingerprint density at radius 3 is 2.45 bits per heavy atom. The zero-order chi connectivity index (χ0) is 23.1. The van der Waals surface area contributed by atoms with Gasteiger partial charge in [-0.1, -0.05) is 67.9 Å². The number of methoxy groups -OCH3 is 1.